The second-order valence-corrected chi connectivity index (χ2v) is 5.32. The van der Waals surface area contributed by atoms with Gasteiger partial charge in [0.1, 0.15) is 5.75 Å². The molecule has 2 nitrogen and oxygen atoms in total. The first-order chi connectivity index (χ1) is 9.20. The predicted octanol–water partition coefficient (Wildman–Crippen LogP) is 4.31. The van der Waals surface area contributed by atoms with Crippen LogP contribution in [-0.2, 0) is 6.54 Å². The number of hydrogen-bond acceptors (Lipinski definition) is 2. The molecule has 0 amide bonds. The second-order valence-electron chi connectivity index (χ2n) is 4.47. The predicted molar refractivity (Wildman–Crippen MR) is 82.4 cm³/mol. The zero-order valence-corrected chi connectivity index (χ0v) is 12.8. The molecule has 0 aliphatic carbocycles. The van der Waals surface area contributed by atoms with Crippen LogP contribution >= 0.6 is 15.9 Å². The minimum atomic E-state index is 0.319. The van der Waals surface area contributed by atoms with Gasteiger partial charge in [0.2, 0.25) is 0 Å². The highest BCUT2D eigenvalue weighted by molar-refractivity contribution is 9.10. The molecule has 0 radical (unpaired) electrons. The van der Waals surface area contributed by atoms with Crippen LogP contribution in [0.1, 0.15) is 24.1 Å². The minimum absolute atomic E-state index is 0.319. The average molecular weight is 320 g/mol. The SMILES string of the molecule is COc1ccc(Br)c(CN[C@@H](C)c2ccccc2)c1. The van der Waals surface area contributed by atoms with E-state index in [0.29, 0.717) is 6.04 Å². The number of ether oxygens (including phenoxy) is 1. The molecule has 2 rings (SSSR count). The summed E-state index contributed by atoms with van der Waals surface area (Å²) < 4.78 is 6.35. The molecule has 1 N–H and O–H groups in total. The van der Waals surface area contributed by atoms with E-state index in [1.54, 1.807) is 7.11 Å². The summed E-state index contributed by atoms with van der Waals surface area (Å²) in [6.07, 6.45) is 0. The topological polar surface area (TPSA) is 21.3 Å². The van der Waals surface area contributed by atoms with Crippen LogP contribution in [0, 0.1) is 0 Å². The molecule has 0 fully saturated rings. The van der Waals surface area contributed by atoms with Gasteiger partial charge in [0.15, 0.2) is 0 Å². The Morgan fingerprint density at radius 3 is 2.58 bits per heavy atom. The first kappa shape index (κ1) is 14.1. The van der Waals surface area contributed by atoms with Crippen LogP contribution < -0.4 is 10.1 Å². The smallest absolute Gasteiger partial charge is 0.119 e. The standard InChI is InChI=1S/C16H18BrNO/c1-12(13-6-4-3-5-7-13)18-11-14-10-15(19-2)8-9-16(14)17/h3-10,12,18H,11H2,1-2H3/t12-/m0/s1. The van der Waals surface area contributed by atoms with Gasteiger partial charge in [-0.3, -0.25) is 0 Å². The van der Waals surface area contributed by atoms with Crippen molar-refractivity contribution in [2.24, 2.45) is 0 Å². The van der Waals surface area contributed by atoms with Crippen LogP contribution in [0.5, 0.6) is 5.75 Å². The minimum Gasteiger partial charge on any atom is -0.497 e. The molecule has 100 valence electrons. The molecule has 0 spiro atoms. The number of nitrogens with one attached hydrogen (secondary N) is 1. The third-order valence-corrected chi connectivity index (χ3v) is 3.92. The molecule has 0 heterocycles. The van der Waals surface area contributed by atoms with Crippen LogP contribution in [0.4, 0.5) is 0 Å². The third-order valence-electron chi connectivity index (χ3n) is 3.15. The van der Waals surface area contributed by atoms with E-state index in [1.807, 2.05) is 18.2 Å². The van der Waals surface area contributed by atoms with E-state index in [4.69, 9.17) is 4.74 Å². The van der Waals surface area contributed by atoms with Gasteiger partial charge in [0.25, 0.3) is 0 Å². The lowest BCUT2D eigenvalue weighted by Gasteiger charge is -2.15. The summed E-state index contributed by atoms with van der Waals surface area (Å²) in [5.74, 6) is 0.882. The number of halogens is 1. The lowest BCUT2D eigenvalue weighted by atomic mass is 10.1. The molecule has 0 bridgehead atoms. The second kappa shape index (κ2) is 6.73. The van der Waals surface area contributed by atoms with Gasteiger partial charge in [-0.15, -0.1) is 0 Å². The largest absolute Gasteiger partial charge is 0.497 e. The van der Waals surface area contributed by atoms with Crippen molar-refractivity contribution in [2.45, 2.75) is 19.5 Å². The quantitative estimate of drug-likeness (QED) is 0.886. The van der Waals surface area contributed by atoms with Crippen LogP contribution in [0.3, 0.4) is 0 Å². The summed E-state index contributed by atoms with van der Waals surface area (Å²) in [6.45, 7) is 2.97. The van der Waals surface area contributed by atoms with Gasteiger partial charge in [0.05, 0.1) is 7.11 Å². The maximum Gasteiger partial charge on any atom is 0.119 e. The summed E-state index contributed by atoms with van der Waals surface area (Å²) in [6, 6.07) is 16.8. The highest BCUT2D eigenvalue weighted by atomic mass is 79.9. The van der Waals surface area contributed by atoms with Crippen LogP contribution in [0.2, 0.25) is 0 Å². The van der Waals surface area contributed by atoms with E-state index in [1.165, 1.54) is 11.1 Å². The molecule has 0 saturated carbocycles. The maximum atomic E-state index is 5.25. The lowest BCUT2D eigenvalue weighted by molar-refractivity contribution is 0.413. The molecule has 19 heavy (non-hydrogen) atoms. The number of rotatable bonds is 5. The van der Waals surface area contributed by atoms with Crippen molar-refractivity contribution in [3.8, 4) is 5.75 Å². The monoisotopic (exact) mass is 319 g/mol. The number of methoxy groups -OCH3 is 1. The van der Waals surface area contributed by atoms with Crippen molar-refractivity contribution < 1.29 is 4.74 Å². The molecule has 0 aliphatic rings. The van der Waals surface area contributed by atoms with Crippen molar-refractivity contribution in [2.75, 3.05) is 7.11 Å². The van der Waals surface area contributed by atoms with Crippen molar-refractivity contribution in [3.63, 3.8) is 0 Å². The van der Waals surface area contributed by atoms with E-state index in [9.17, 15) is 0 Å². The van der Waals surface area contributed by atoms with Gasteiger partial charge in [-0.05, 0) is 36.2 Å². The summed E-state index contributed by atoms with van der Waals surface area (Å²) >= 11 is 3.57. The molecule has 2 aromatic rings. The Hall–Kier alpha value is -1.32. The summed E-state index contributed by atoms with van der Waals surface area (Å²) in [5, 5.41) is 3.52. The van der Waals surface area contributed by atoms with Gasteiger partial charge < -0.3 is 10.1 Å². The average Bonchev–Trinajstić information content (AvgIpc) is 2.47. The summed E-state index contributed by atoms with van der Waals surface area (Å²) in [5.41, 5.74) is 2.49. The van der Waals surface area contributed by atoms with Crippen molar-refractivity contribution >= 4 is 15.9 Å². The van der Waals surface area contributed by atoms with Gasteiger partial charge >= 0.3 is 0 Å². The molecule has 0 unspecified atom stereocenters. The zero-order chi connectivity index (χ0) is 13.7. The Kier molecular flexibility index (Phi) is 5.00. The molecular weight excluding hydrogens is 302 g/mol. The zero-order valence-electron chi connectivity index (χ0n) is 11.2. The number of benzene rings is 2. The molecule has 2 aromatic carbocycles. The third kappa shape index (κ3) is 3.82. The Balaban J connectivity index is 2.02. The molecule has 0 aliphatic heterocycles. The maximum absolute atomic E-state index is 5.25. The molecule has 1 atom stereocenters. The molecule has 0 saturated heterocycles. The normalized spacial score (nSPS) is 12.2. The van der Waals surface area contributed by atoms with Crippen LogP contribution in [0.25, 0.3) is 0 Å². The van der Waals surface area contributed by atoms with Crippen molar-refractivity contribution in [1.29, 1.82) is 0 Å². The first-order valence-corrected chi connectivity index (χ1v) is 7.10. The van der Waals surface area contributed by atoms with E-state index in [-0.39, 0.29) is 0 Å². The van der Waals surface area contributed by atoms with Crippen LogP contribution in [-0.4, -0.2) is 7.11 Å². The highest BCUT2D eigenvalue weighted by Crippen LogP contribution is 2.23. The summed E-state index contributed by atoms with van der Waals surface area (Å²) in [7, 11) is 1.69. The van der Waals surface area contributed by atoms with E-state index < -0.39 is 0 Å². The molecular formula is C16H18BrNO. The first-order valence-electron chi connectivity index (χ1n) is 6.31. The Morgan fingerprint density at radius 2 is 1.89 bits per heavy atom. The van der Waals surface area contributed by atoms with Gasteiger partial charge in [0, 0.05) is 17.1 Å². The van der Waals surface area contributed by atoms with Crippen LogP contribution in [0.15, 0.2) is 53.0 Å². The highest BCUT2D eigenvalue weighted by Gasteiger charge is 2.06. The van der Waals surface area contributed by atoms with Crippen molar-refractivity contribution in [3.05, 3.63) is 64.1 Å². The van der Waals surface area contributed by atoms with Gasteiger partial charge in [-0.1, -0.05) is 46.3 Å². The lowest BCUT2D eigenvalue weighted by Crippen LogP contribution is -2.18. The van der Waals surface area contributed by atoms with Gasteiger partial charge in [-0.25, -0.2) is 0 Å². The fraction of sp³-hybridized carbons (Fsp3) is 0.250. The Bertz CT molecular complexity index is 528. The fourth-order valence-corrected chi connectivity index (χ4v) is 2.32. The molecule has 3 heteroatoms. The van der Waals surface area contributed by atoms with Crippen molar-refractivity contribution in [1.82, 2.24) is 5.32 Å². The fourth-order valence-electron chi connectivity index (χ4n) is 1.94. The molecule has 0 aromatic heterocycles. The Labute approximate surface area is 122 Å². The number of hydrogen-bond donors (Lipinski definition) is 1. The van der Waals surface area contributed by atoms with Gasteiger partial charge in [-0.2, -0.15) is 0 Å². The van der Waals surface area contributed by atoms with E-state index in [0.717, 1.165) is 16.8 Å². The van der Waals surface area contributed by atoms with E-state index >= 15 is 0 Å². The summed E-state index contributed by atoms with van der Waals surface area (Å²) in [4.78, 5) is 0. The van der Waals surface area contributed by atoms with E-state index in [2.05, 4.69) is 58.5 Å². The Morgan fingerprint density at radius 1 is 1.16 bits per heavy atom.